The van der Waals surface area contributed by atoms with Gasteiger partial charge in [0.2, 0.25) is 5.95 Å². The first-order valence-corrected chi connectivity index (χ1v) is 9.22. The van der Waals surface area contributed by atoms with Gasteiger partial charge >= 0.3 is 0 Å². The maximum Gasteiger partial charge on any atom is 0.229 e. The lowest BCUT2D eigenvalue weighted by Crippen LogP contribution is -2.03. The van der Waals surface area contributed by atoms with Crippen molar-refractivity contribution in [3.63, 3.8) is 0 Å². The van der Waals surface area contributed by atoms with Crippen LogP contribution in [-0.2, 0) is 0 Å². The summed E-state index contributed by atoms with van der Waals surface area (Å²) in [5, 5.41) is 6.50. The van der Waals surface area contributed by atoms with Crippen molar-refractivity contribution >= 4 is 28.8 Å². The molecule has 0 bridgehead atoms. The van der Waals surface area contributed by atoms with E-state index in [1.54, 1.807) is 6.20 Å². The predicted molar refractivity (Wildman–Crippen MR) is 117 cm³/mol. The van der Waals surface area contributed by atoms with Gasteiger partial charge in [-0.05, 0) is 61.5 Å². The Balaban J connectivity index is 1.47. The van der Waals surface area contributed by atoms with E-state index >= 15 is 0 Å². The molecule has 3 aromatic carbocycles. The van der Waals surface area contributed by atoms with Crippen LogP contribution < -0.4 is 21.1 Å². The van der Waals surface area contributed by atoms with Crippen molar-refractivity contribution in [2.75, 3.05) is 16.4 Å². The highest BCUT2D eigenvalue weighted by Gasteiger charge is 2.06. The third-order valence-corrected chi connectivity index (χ3v) is 4.21. The first-order chi connectivity index (χ1) is 14.2. The van der Waals surface area contributed by atoms with Crippen LogP contribution in [0.2, 0.25) is 0 Å². The SMILES string of the molecule is Cc1cnc(Nc2cccc(N)c2)nc1Nc1ccc(Oc2ccccc2)cc1. The number of nitrogens with zero attached hydrogens (tertiary/aromatic N) is 2. The fourth-order valence-corrected chi connectivity index (χ4v) is 2.74. The molecule has 0 radical (unpaired) electrons. The predicted octanol–water partition coefficient (Wildman–Crippen LogP) is 5.65. The van der Waals surface area contributed by atoms with Crippen LogP contribution in [0.15, 0.2) is 85.1 Å². The molecule has 1 aromatic heterocycles. The van der Waals surface area contributed by atoms with Gasteiger partial charge in [0.25, 0.3) is 0 Å². The van der Waals surface area contributed by atoms with E-state index in [2.05, 4.69) is 20.6 Å². The van der Waals surface area contributed by atoms with E-state index in [0.29, 0.717) is 11.6 Å². The number of para-hydroxylation sites is 1. The zero-order valence-electron chi connectivity index (χ0n) is 16.0. The minimum absolute atomic E-state index is 0.493. The van der Waals surface area contributed by atoms with Gasteiger partial charge in [-0.25, -0.2) is 4.98 Å². The molecular formula is C23H21N5O. The van der Waals surface area contributed by atoms with Gasteiger partial charge in [0.15, 0.2) is 0 Å². The molecule has 0 fully saturated rings. The summed E-state index contributed by atoms with van der Waals surface area (Å²) in [6.07, 6.45) is 1.77. The van der Waals surface area contributed by atoms with E-state index in [0.717, 1.165) is 34.3 Å². The Morgan fingerprint density at radius 1 is 0.793 bits per heavy atom. The zero-order chi connectivity index (χ0) is 20.1. The molecule has 0 aliphatic heterocycles. The fraction of sp³-hybridized carbons (Fsp3) is 0.0435. The van der Waals surface area contributed by atoms with Crippen LogP contribution in [0.25, 0.3) is 0 Å². The van der Waals surface area contributed by atoms with Crippen LogP contribution in [0.4, 0.5) is 28.8 Å². The van der Waals surface area contributed by atoms with Crippen molar-refractivity contribution < 1.29 is 4.74 Å². The molecule has 144 valence electrons. The molecule has 1 heterocycles. The second-order valence-corrected chi connectivity index (χ2v) is 6.54. The van der Waals surface area contributed by atoms with Crippen LogP contribution in [0.5, 0.6) is 11.5 Å². The summed E-state index contributed by atoms with van der Waals surface area (Å²) in [6, 6.07) is 24.9. The first kappa shape index (κ1) is 18.3. The Hall–Kier alpha value is -4.06. The Morgan fingerprint density at radius 2 is 1.55 bits per heavy atom. The molecule has 0 spiro atoms. The van der Waals surface area contributed by atoms with Gasteiger partial charge in [-0.15, -0.1) is 0 Å². The Kier molecular flexibility index (Phi) is 5.25. The van der Waals surface area contributed by atoms with Crippen LogP contribution in [0.1, 0.15) is 5.56 Å². The highest BCUT2D eigenvalue weighted by atomic mass is 16.5. The number of hydrogen-bond acceptors (Lipinski definition) is 6. The van der Waals surface area contributed by atoms with E-state index in [1.807, 2.05) is 85.8 Å². The van der Waals surface area contributed by atoms with Crippen LogP contribution in [0.3, 0.4) is 0 Å². The molecule has 0 saturated heterocycles. The molecule has 0 saturated carbocycles. The molecule has 6 nitrogen and oxygen atoms in total. The second-order valence-electron chi connectivity index (χ2n) is 6.54. The van der Waals surface area contributed by atoms with Crippen molar-refractivity contribution in [3.05, 3.63) is 90.6 Å². The molecule has 4 rings (SSSR count). The molecule has 0 aliphatic rings. The number of anilines is 5. The monoisotopic (exact) mass is 383 g/mol. The molecule has 6 heteroatoms. The lowest BCUT2D eigenvalue weighted by molar-refractivity contribution is 0.483. The fourth-order valence-electron chi connectivity index (χ4n) is 2.74. The van der Waals surface area contributed by atoms with Gasteiger partial charge in [-0.2, -0.15) is 4.98 Å². The van der Waals surface area contributed by atoms with E-state index in [4.69, 9.17) is 10.5 Å². The van der Waals surface area contributed by atoms with Crippen molar-refractivity contribution in [1.29, 1.82) is 0 Å². The summed E-state index contributed by atoms with van der Waals surface area (Å²) >= 11 is 0. The summed E-state index contributed by atoms with van der Waals surface area (Å²) in [4.78, 5) is 8.92. The second kappa shape index (κ2) is 8.31. The number of benzene rings is 3. The van der Waals surface area contributed by atoms with E-state index in [-0.39, 0.29) is 0 Å². The molecule has 4 N–H and O–H groups in total. The van der Waals surface area contributed by atoms with Crippen molar-refractivity contribution in [3.8, 4) is 11.5 Å². The van der Waals surface area contributed by atoms with Crippen LogP contribution in [-0.4, -0.2) is 9.97 Å². The van der Waals surface area contributed by atoms with Gasteiger partial charge < -0.3 is 21.1 Å². The number of aryl methyl sites for hydroxylation is 1. The Bertz CT molecular complexity index is 1100. The minimum atomic E-state index is 0.493. The smallest absolute Gasteiger partial charge is 0.229 e. The van der Waals surface area contributed by atoms with E-state index < -0.39 is 0 Å². The van der Waals surface area contributed by atoms with Crippen molar-refractivity contribution in [1.82, 2.24) is 9.97 Å². The molecule has 0 atom stereocenters. The molecule has 0 aliphatic carbocycles. The topological polar surface area (TPSA) is 85.1 Å². The summed E-state index contributed by atoms with van der Waals surface area (Å²) < 4.78 is 5.83. The molecule has 0 unspecified atom stereocenters. The van der Waals surface area contributed by atoms with Gasteiger partial charge in [-0.3, -0.25) is 0 Å². The van der Waals surface area contributed by atoms with Gasteiger partial charge in [0.05, 0.1) is 0 Å². The average Bonchev–Trinajstić information content (AvgIpc) is 2.73. The highest BCUT2D eigenvalue weighted by molar-refractivity contribution is 5.64. The van der Waals surface area contributed by atoms with Gasteiger partial charge in [0.1, 0.15) is 17.3 Å². The summed E-state index contributed by atoms with van der Waals surface area (Å²) in [5.74, 6) is 2.79. The molecular weight excluding hydrogens is 362 g/mol. The number of nitrogens with two attached hydrogens (primary N) is 1. The minimum Gasteiger partial charge on any atom is -0.457 e. The number of nitrogen functional groups attached to an aromatic ring is 1. The number of ether oxygens (including phenoxy) is 1. The van der Waals surface area contributed by atoms with Gasteiger partial charge in [-0.1, -0.05) is 24.3 Å². The van der Waals surface area contributed by atoms with E-state index in [1.165, 1.54) is 0 Å². The number of hydrogen-bond donors (Lipinski definition) is 3. The van der Waals surface area contributed by atoms with E-state index in [9.17, 15) is 0 Å². The zero-order valence-corrected chi connectivity index (χ0v) is 16.0. The molecule has 29 heavy (non-hydrogen) atoms. The average molecular weight is 383 g/mol. The third-order valence-electron chi connectivity index (χ3n) is 4.21. The highest BCUT2D eigenvalue weighted by Crippen LogP contribution is 2.25. The third kappa shape index (κ3) is 4.81. The Labute approximate surface area is 169 Å². The number of nitrogens with one attached hydrogen (secondary N) is 2. The normalized spacial score (nSPS) is 10.4. The standard InChI is InChI=1S/C23H21N5O/c1-16-15-25-23(27-19-7-5-6-17(24)14-19)28-22(16)26-18-10-12-21(13-11-18)29-20-8-3-2-4-9-20/h2-15H,24H2,1H3,(H2,25,26,27,28). The maximum absolute atomic E-state index is 5.83. The number of aromatic nitrogens is 2. The van der Waals surface area contributed by atoms with Crippen molar-refractivity contribution in [2.24, 2.45) is 0 Å². The molecule has 4 aromatic rings. The quantitative estimate of drug-likeness (QED) is 0.373. The Morgan fingerprint density at radius 3 is 2.31 bits per heavy atom. The lowest BCUT2D eigenvalue weighted by Gasteiger charge is -2.12. The lowest BCUT2D eigenvalue weighted by atomic mass is 10.2. The summed E-state index contributed by atoms with van der Waals surface area (Å²) in [7, 11) is 0. The number of rotatable bonds is 6. The first-order valence-electron chi connectivity index (χ1n) is 9.22. The van der Waals surface area contributed by atoms with Crippen LogP contribution in [0, 0.1) is 6.92 Å². The summed E-state index contributed by atoms with van der Waals surface area (Å²) in [5.41, 5.74) is 9.18. The van der Waals surface area contributed by atoms with Crippen LogP contribution >= 0.6 is 0 Å². The van der Waals surface area contributed by atoms with Crippen molar-refractivity contribution in [2.45, 2.75) is 6.92 Å². The maximum atomic E-state index is 5.83. The van der Waals surface area contributed by atoms with Gasteiger partial charge in [0, 0.05) is 28.8 Å². The largest absolute Gasteiger partial charge is 0.457 e. The summed E-state index contributed by atoms with van der Waals surface area (Å²) in [6.45, 7) is 1.96. The molecule has 0 amide bonds.